The lowest BCUT2D eigenvalue weighted by Crippen LogP contribution is -2.07. The van der Waals surface area contributed by atoms with Gasteiger partial charge in [0.05, 0.1) is 12.1 Å². The molecule has 2 aromatic carbocycles. The number of fused-ring (bicyclic) bond motifs is 1. The van der Waals surface area contributed by atoms with Gasteiger partial charge in [-0.25, -0.2) is 0 Å². The topological polar surface area (TPSA) is 38.1 Å². The Morgan fingerprint density at radius 1 is 0.950 bits per heavy atom. The summed E-state index contributed by atoms with van der Waals surface area (Å²) in [6.07, 6.45) is 1.62. The minimum Gasteiger partial charge on any atom is -0.396 e. The van der Waals surface area contributed by atoms with Crippen molar-refractivity contribution in [2.75, 3.05) is 6.61 Å². The van der Waals surface area contributed by atoms with Crippen molar-refractivity contribution in [2.24, 2.45) is 0 Å². The van der Waals surface area contributed by atoms with Crippen LogP contribution in [0.15, 0.2) is 54.6 Å². The molecule has 1 aromatic heterocycles. The minimum absolute atomic E-state index is 0.213. The zero-order valence-corrected chi connectivity index (χ0v) is 11.4. The summed E-state index contributed by atoms with van der Waals surface area (Å²) in [4.78, 5) is 0. The molecule has 0 atom stereocenters. The average Bonchev–Trinajstić information content (AvgIpc) is 2.83. The van der Waals surface area contributed by atoms with Crippen LogP contribution in [-0.4, -0.2) is 21.5 Å². The first-order chi connectivity index (χ1) is 9.88. The van der Waals surface area contributed by atoms with Crippen LogP contribution in [0, 0.1) is 0 Å². The molecule has 1 N–H and O–H groups in total. The Hall–Kier alpha value is -2.13. The van der Waals surface area contributed by atoms with E-state index in [1.54, 1.807) is 0 Å². The Kier molecular flexibility index (Phi) is 3.79. The highest BCUT2D eigenvalue weighted by atomic mass is 16.2. The maximum absolute atomic E-state index is 9.09. The maximum Gasteiger partial charge on any atom is 0.0926 e. The maximum atomic E-state index is 9.09. The third-order valence-corrected chi connectivity index (χ3v) is 3.50. The number of aliphatic hydroxyl groups excluding tert-OH is 1. The quantitative estimate of drug-likeness (QED) is 0.771. The number of hydrogen-bond donors (Lipinski definition) is 1. The predicted octanol–water partition coefficient (Wildman–Crippen LogP) is 3.01. The van der Waals surface area contributed by atoms with Crippen molar-refractivity contribution in [3.63, 3.8) is 0 Å². The van der Waals surface area contributed by atoms with E-state index in [1.165, 1.54) is 16.6 Å². The predicted molar refractivity (Wildman–Crippen MR) is 80.7 cm³/mol. The Morgan fingerprint density at radius 2 is 1.70 bits per heavy atom. The molecule has 0 aliphatic rings. The second-order valence-corrected chi connectivity index (χ2v) is 4.93. The van der Waals surface area contributed by atoms with Gasteiger partial charge < -0.3 is 5.11 Å². The van der Waals surface area contributed by atoms with Crippen molar-refractivity contribution in [3.8, 4) is 0 Å². The van der Waals surface area contributed by atoms with Gasteiger partial charge in [0.25, 0.3) is 0 Å². The molecule has 0 radical (unpaired) electrons. The van der Waals surface area contributed by atoms with Gasteiger partial charge in [0, 0.05) is 17.7 Å². The molecule has 0 amide bonds. The summed E-state index contributed by atoms with van der Waals surface area (Å²) in [5, 5.41) is 15.0. The van der Waals surface area contributed by atoms with Crippen LogP contribution in [0.2, 0.25) is 0 Å². The standard InChI is InChI=1S/C17H18N2O/c20-12-6-11-17-15-9-4-5-10-16(15)18-19(17)13-14-7-2-1-3-8-14/h1-5,7-10,20H,6,11-13H2. The molecule has 0 unspecified atom stereocenters. The van der Waals surface area contributed by atoms with Crippen molar-refractivity contribution in [1.82, 2.24) is 9.78 Å². The van der Waals surface area contributed by atoms with E-state index in [0.717, 1.165) is 24.9 Å². The van der Waals surface area contributed by atoms with E-state index in [9.17, 15) is 0 Å². The average molecular weight is 266 g/mol. The fourth-order valence-corrected chi connectivity index (χ4v) is 2.53. The van der Waals surface area contributed by atoms with Gasteiger partial charge in [-0.05, 0) is 24.5 Å². The van der Waals surface area contributed by atoms with E-state index in [4.69, 9.17) is 10.2 Å². The van der Waals surface area contributed by atoms with Crippen LogP contribution < -0.4 is 0 Å². The Bertz CT molecular complexity index is 689. The largest absolute Gasteiger partial charge is 0.396 e. The summed E-state index contributed by atoms with van der Waals surface area (Å²) in [5.41, 5.74) is 3.47. The van der Waals surface area contributed by atoms with Crippen LogP contribution in [0.4, 0.5) is 0 Å². The fourth-order valence-electron chi connectivity index (χ4n) is 2.53. The van der Waals surface area contributed by atoms with Crippen LogP contribution in [-0.2, 0) is 13.0 Å². The van der Waals surface area contributed by atoms with Gasteiger partial charge in [-0.1, -0.05) is 48.5 Å². The molecular weight excluding hydrogens is 248 g/mol. The van der Waals surface area contributed by atoms with Gasteiger partial charge in [-0.2, -0.15) is 5.10 Å². The number of hydrogen-bond acceptors (Lipinski definition) is 2. The van der Waals surface area contributed by atoms with E-state index in [-0.39, 0.29) is 6.61 Å². The van der Waals surface area contributed by atoms with E-state index in [1.807, 2.05) is 36.4 Å². The van der Waals surface area contributed by atoms with Gasteiger partial charge in [0.1, 0.15) is 0 Å². The zero-order valence-electron chi connectivity index (χ0n) is 11.4. The van der Waals surface area contributed by atoms with Crippen molar-refractivity contribution < 1.29 is 5.11 Å². The normalized spacial score (nSPS) is 11.1. The molecule has 0 saturated heterocycles. The molecule has 1 heterocycles. The molecule has 0 saturated carbocycles. The molecule has 0 bridgehead atoms. The number of aromatic nitrogens is 2. The van der Waals surface area contributed by atoms with E-state index >= 15 is 0 Å². The number of rotatable bonds is 5. The first kappa shape index (κ1) is 12.9. The first-order valence-electron chi connectivity index (χ1n) is 6.97. The third kappa shape index (κ3) is 2.58. The Morgan fingerprint density at radius 3 is 2.50 bits per heavy atom. The van der Waals surface area contributed by atoms with Crippen molar-refractivity contribution >= 4 is 10.9 Å². The molecule has 102 valence electrons. The lowest BCUT2D eigenvalue weighted by molar-refractivity contribution is 0.287. The summed E-state index contributed by atoms with van der Waals surface area (Å²) in [5.74, 6) is 0. The van der Waals surface area contributed by atoms with Crippen LogP contribution in [0.5, 0.6) is 0 Å². The summed E-state index contributed by atoms with van der Waals surface area (Å²) >= 11 is 0. The van der Waals surface area contributed by atoms with Gasteiger partial charge in [0.15, 0.2) is 0 Å². The third-order valence-electron chi connectivity index (χ3n) is 3.50. The molecule has 0 fully saturated rings. The summed E-state index contributed by atoms with van der Waals surface area (Å²) in [7, 11) is 0. The lowest BCUT2D eigenvalue weighted by atomic mass is 10.1. The summed E-state index contributed by atoms with van der Waals surface area (Å²) in [6, 6.07) is 18.5. The number of aliphatic hydroxyl groups is 1. The van der Waals surface area contributed by atoms with Crippen LogP contribution in [0.3, 0.4) is 0 Å². The van der Waals surface area contributed by atoms with E-state index in [0.29, 0.717) is 0 Å². The van der Waals surface area contributed by atoms with Crippen LogP contribution in [0.25, 0.3) is 10.9 Å². The number of nitrogens with zero attached hydrogens (tertiary/aromatic N) is 2. The zero-order chi connectivity index (χ0) is 13.8. The lowest BCUT2D eigenvalue weighted by Gasteiger charge is -2.07. The number of benzene rings is 2. The highest BCUT2D eigenvalue weighted by Crippen LogP contribution is 2.20. The Balaban J connectivity index is 2.00. The number of aryl methyl sites for hydroxylation is 1. The molecule has 0 aliphatic heterocycles. The summed E-state index contributed by atoms with van der Waals surface area (Å²) in [6.45, 7) is 0.987. The Labute approximate surface area is 118 Å². The fraction of sp³-hybridized carbons (Fsp3) is 0.235. The highest BCUT2D eigenvalue weighted by molar-refractivity contribution is 5.81. The molecule has 0 spiro atoms. The molecule has 0 aliphatic carbocycles. The van der Waals surface area contributed by atoms with Gasteiger partial charge in [0.2, 0.25) is 0 Å². The van der Waals surface area contributed by atoms with Gasteiger partial charge >= 0.3 is 0 Å². The summed E-state index contributed by atoms with van der Waals surface area (Å²) < 4.78 is 2.07. The van der Waals surface area contributed by atoms with Gasteiger partial charge in [-0.3, -0.25) is 4.68 Å². The van der Waals surface area contributed by atoms with Crippen molar-refractivity contribution in [2.45, 2.75) is 19.4 Å². The molecule has 3 aromatic rings. The smallest absolute Gasteiger partial charge is 0.0926 e. The van der Waals surface area contributed by atoms with E-state index < -0.39 is 0 Å². The molecule has 3 nitrogen and oxygen atoms in total. The SMILES string of the molecule is OCCCc1c2ccccc2nn1Cc1ccccc1. The minimum atomic E-state index is 0.213. The second-order valence-electron chi connectivity index (χ2n) is 4.93. The molecular formula is C17H18N2O. The molecule has 3 heteroatoms. The monoisotopic (exact) mass is 266 g/mol. The molecule has 3 rings (SSSR count). The van der Waals surface area contributed by atoms with Crippen molar-refractivity contribution in [1.29, 1.82) is 0 Å². The van der Waals surface area contributed by atoms with E-state index in [2.05, 4.69) is 22.9 Å². The highest BCUT2D eigenvalue weighted by Gasteiger charge is 2.10. The second kappa shape index (κ2) is 5.88. The van der Waals surface area contributed by atoms with Crippen LogP contribution >= 0.6 is 0 Å². The first-order valence-corrected chi connectivity index (χ1v) is 6.97. The van der Waals surface area contributed by atoms with Crippen molar-refractivity contribution in [3.05, 3.63) is 65.9 Å². The van der Waals surface area contributed by atoms with Crippen LogP contribution in [0.1, 0.15) is 17.7 Å². The molecule has 20 heavy (non-hydrogen) atoms. The van der Waals surface area contributed by atoms with Gasteiger partial charge in [-0.15, -0.1) is 0 Å².